The maximum atomic E-state index is 11.8. The van der Waals surface area contributed by atoms with Crippen molar-refractivity contribution in [1.82, 2.24) is 10.2 Å². The summed E-state index contributed by atoms with van der Waals surface area (Å²) in [5.41, 5.74) is 0. The van der Waals surface area contributed by atoms with Crippen LogP contribution in [0.4, 0.5) is 4.79 Å². The number of rotatable bonds is 4. The Hall–Kier alpha value is -1.03. The van der Waals surface area contributed by atoms with Gasteiger partial charge in [-0.15, -0.1) is 11.3 Å². The van der Waals surface area contributed by atoms with E-state index in [9.17, 15) is 4.79 Å². The zero-order chi connectivity index (χ0) is 10.7. The minimum Gasteiger partial charge on any atom is -0.335 e. The first-order valence-corrected chi connectivity index (χ1v) is 6.25. The van der Waals surface area contributed by atoms with E-state index in [0.717, 1.165) is 25.9 Å². The summed E-state index contributed by atoms with van der Waals surface area (Å²) in [4.78, 5) is 14.9. The highest BCUT2D eigenvalue weighted by atomic mass is 32.1. The van der Waals surface area contributed by atoms with E-state index in [1.54, 1.807) is 11.3 Å². The fraction of sp³-hybridized carbons (Fsp3) is 0.545. The number of carbonyl (C=O) groups is 1. The molecule has 0 unspecified atom stereocenters. The SMILES string of the molecule is CCN(Cc1cccs1)C(=O)NC1CC1. The van der Waals surface area contributed by atoms with Gasteiger partial charge in [0.25, 0.3) is 0 Å². The van der Waals surface area contributed by atoms with Crippen molar-refractivity contribution in [2.75, 3.05) is 6.54 Å². The number of amides is 2. The van der Waals surface area contributed by atoms with Gasteiger partial charge >= 0.3 is 6.03 Å². The highest BCUT2D eigenvalue weighted by Gasteiger charge is 2.25. The van der Waals surface area contributed by atoms with Crippen LogP contribution in [0.5, 0.6) is 0 Å². The van der Waals surface area contributed by atoms with Gasteiger partial charge in [0.15, 0.2) is 0 Å². The average Bonchev–Trinajstić information content (AvgIpc) is 2.89. The second kappa shape index (κ2) is 4.66. The smallest absolute Gasteiger partial charge is 0.317 e. The van der Waals surface area contributed by atoms with Crippen LogP contribution in [-0.4, -0.2) is 23.5 Å². The Morgan fingerprint density at radius 1 is 1.67 bits per heavy atom. The van der Waals surface area contributed by atoms with Gasteiger partial charge in [-0.1, -0.05) is 6.07 Å². The number of carbonyl (C=O) groups excluding carboxylic acids is 1. The van der Waals surface area contributed by atoms with Gasteiger partial charge in [0, 0.05) is 17.5 Å². The summed E-state index contributed by atoms with van der Waals surface area (Å²) < 4.78 is 0. The molecule has 0 atom stereocenters. The molecule has 0 radical (unpaired) electrons. The van der Waals surface area contributed by atoms with E-state index in [4.69, 9.17) is 0 Å². The molecule has 1 N–H and O–H groups in total. The summed E-state index contributed by atoms with van der Waals surface area (Å²) in [5, 5.41) is 5.05. The summed E-state index contributed by atoms with van der Waals surface area (Å²) >= 11 is 1.70. The number of thiophene rings is 1. The molecule has 0 aliphatic heterocycles. The summed E-state index contributed by atoms with van der Waals surface area (Å²) in [6, 6.07) is 4.60. The highest BCUT2D eigenvalue weighted by Crippen LogP contribution is 2.19. The van der Waals surface area contributed by atoms with Gasteiger partial charge in [-0.2, -0.15) is 0 Å². The summed E-state index contributed by atoms with van der Waals surface area (Å²) in [6.07, 6.45) is 2.28. The molecule has 1 saturated carbocycles. The Labute approximate surface area is 94.1 Å². The zero-order valence-corrected chi connectivity index (χ0v) is 9.72. The van der Waals surface area contributed by atoms with Crippen molar-refractivity contribution in [3.63, 3.8) is 0 Å². The lowest BCUT2D eigenvalue weighted by molar-refractivity contribution is 0.198. The van der Waals surface area contributed by atoms with Crippen LogP contribution in [0.1, 0.15) is 24.6 Å². The van der Waals surface area contributed by atoms with E-state index in [-0.39, 0.29) is 6.03 Å². The molecule has 15 heavy (non-hydrogen) atoms. The highest BCUT2D eigenvalue weighted by molar-refractivity contribution is 7.09. The molecule has 0 bridgehead atoms. The predicted octanol–water partition coefficient (Wildman–Crippen LogP) is 2.44. The molecule has 1 fully saturated rings. The van der Waals surface area contributed by atoms with Gasteiger partial charge in [-0.05, 0) is 31.2 Å². The van der Waals surface area contributed by atoms with Crippen LogP contribution in [0.3, 0.4) is 0 Å². The van der Waals surface area contributed by atoms with Crippen molar-refractivity contribution in [1.29, 1.82) is 0 Å². The van der Waals surface area contributed by atoms with Crippen molar-refractivity contribution in [2.24, 2.45) is 0 Å². The van der Waals surface area contributed by atoms with Crippen molar-refractivity contribution in [2.45, 2.75) is 32.4 Å². The number of urea groups is 1. The van der Waals surface area contributed by atoms with E-state index in [1.165, 1.54) is 4.88 Å². The Morgan fingerprint density at radius 2 is 2.47 bits per heavy atom. The molecule has 1 aliphatic carbocycles. The number of nitrogens with zero attached hydrogens (tertiary/aromatic N) is 1. The van der Waals surface area contributed by atoms with Crippen molar-refractivity contribution >= 4 is 17.4 Å². The second-order valence-corrected chi connectivity index (χ2v) is 4.85. The number of hydrogen-bond acceptors (Lipinski definition) is 2. The lowest BCUT2D eigenvalue weighted by Crippen LogP contribution is -2.40. The Bertz CT molecular complexity index is 319. The summed E-state index contributed by atoms with van der Waals surface area (Å²) in [7, 11) is 0. The quantitative estimate of drug-likeness (QED) is 0.837. The first-order chi connectivity index (χ1) is 7.29. The van der Waals surface area contributed by atoms with Crippen LogP contribution in [0, 0.1) is 0 Å². The van der Waals surface area contributed by atoms with Crippen LogP contribution in [-0.2, 0) is 6.54 Å². The number of nitrogens with one attached hydrogen (secondary N) is 1. The molecular formula is C11H16N2OS. The van der Waals surface area contributed by atoms with Crippen molar-refractivity contribution < 1.29 is 4.79 Å². The molecule has 82 valence electrons. The van der Waals surface area contributed by atoms with Gasteiger partial charge in [-0.3, -0.25) is 0 Å². The molecule has 1 aromatic heterocycles. The Morgan fingerprint density at radius 3 is 3.00 bits per heavy atom. The summed E-state index contributed by atoms with van der Waals surface area (Å²) in [6.45, 7) is 3.50. The zero-order valence-electron chi connectivity index (χ0n) is 8.90. The monoisotopic (exact) mass is 224 g/mol. The minimum atomic E-state index is 0.0772. The lowest BCUT2D eigenvalue weighted by Gasteiger charge is -2.20. The molecule has 1 aromatic rings. The van der Waals surface area contributed by atoms with Gasteiger partial charge in [0.1, 0.15) is 0 Å². The first kappa shape index (κ1) is 10.5. The first-order valence-electron chi connectivity index (χ1n) is 5.37. The minimum absolute atomic E-state index is 0.0772. The molecule has 0 saturated heterocycles. The lowest BCUT2D eigenvalue weighted by atomic mass is 10.4. The van der Waals surface area contributed by atoms with Gasteiger partial charge < -0.3 is 10.2 Å². The molecule has 2 amide bonds. The van der Waals surface area contributed by atoms with E-state index in [0.29, 0.717) is 6.04 Å². The maximum absolute atomic E-state index is 11.8. The molecule has 3 nitrogen and oxygen atoms in total. The van der Waals surface area contributed by atoms with Gasteiger partial charge in [-0.25, -0.2) is 4.79 Å². The van der Waals surface area contributed by atoms with Crippen LogP contribution < -0.4 is 5.32 Å². The molecule has 1 aliphatic rings. The molecule has 2 rings (SSSR count). The molecule has 4 heteroatoms. The van der Waals surface area contributed by atoms with Crippen molar-refractivity contribution in [3.8, 4) is 0 Å². The Balaban J connectivity index is 1.88. The fourth-order valence-corrected chi connectivity index (χ4v) is 2.13. The summed E-state index contributed by atoms with van der Waals surface area (Å²) in [5.74, 6) is 0. The third kappa shape index (κ3) is 2.96. The van der Waals surface area contributed by atoms with E-state index in [2.05, 4.69) is 11.4 Å². The van der Waals surface area contributed by atoms with E-state index < -0.39 is 0 Å². The number of hydrogen-bond donors (Lipinski definition) is 1. The molecule has 0 aromatic carbocycles. The normalized spacial score (nSPS) is 15.0. The standard InChI is InChI=1S/C11H16N2OS/c1-2-13(8-10-4-3-7-15-10)11(14)12-9-5-6-9/h3-4,7,9H,2,5-6,8H2,1H3,(H,12,14). The van der Waals surface area contributed by atoms with Crippen LogP contribution in [0.25, 0.3) is 0 Å². The van der Waals surface area contributed by atoms with Crippen LogP contribution in [0.2, 0.25) is 0 Å². The van der Waals surface area contributed by atoms with Gasteiger partial charge in [0.2, 0.25) is 0 Å². The van der Waals surface area contributed by atoms with Crippen molar-refractivity contribution in [3.05, 3.63) is 22.4 Å². The van der Waals surface area contributed by atoms with Gasteiger partial charge in [0.05, 0.1) is 6.54 Å². The van der Waals surface area contributed by atoms with E-state index >= 15 is 0 Å². The van der Waals surface area contributed by atoms with Crippen LogP contribution in [0.15, 0.2) is 17.5 Å². The Kier molecular flexibility index (Phi) is 3.26. The largest absolute Gasteiger partial charge is 0.335 e. The predicted molar refractivity (Wildman–Crippen MR) is 62.0 cm³/mol. The topological polar surface area (TPSA) is 32.3 Å². The third-order valence-corrected chi connectivity index (χ3v) is 3.36. The molecule has 0 spiro atoms. The van der Waals surface area contributed by atoms with E-state index in [1.807, 2.05) is 23.3 Å². The third-order valence-electron chi connectivity index (χ3n) is 2.50. The maximum Gasteiger partial charge on any atom is 0.317 e. The average molecular weight is 224 g/mol. The molecule has 1 heterocycles. The van der Waals surface area contributed by atoms with Crippen LogP contribution >= 0.6 is 11.3 Å². The molecular weight excluding hydrogens is 208 g/mol. The second-order valence-electron chi connectivity index (χ2n) is 3.82. The fourth-order valence-electron chi connectivity index (χ4n) is 1.41.